The van der Waals surface area contributed by atoms with Crippen molar-refractivity contribution in [2.45, 2.75) is 77.0 Å². The third kappa shape index (κ3) is 4.62. The molecule has 3 rings (SSSR count). The molecule has 28 heavy (non-hydrogen) atoms. The normalized spacial score (nSPS) is 24.0. The van der Waals surface area contributed by atoms with Crippen molar-refractivity contribution >= 4 is 33.8 Å². The first kappa shape index (κ1) is 21.0. The number of piperidine rings is 1. The molecule has 7 heteroatoms. The van der Waals surface area contributed by atoms with Crippen LogP contribution in [0.25, 0.3) is 0 Å². The van der Waals surface area contributed by atoms with E-state index in [1.54, 1.807) is 0 Å². The number of hydrogen-bond donors (Lipinski definition) is 1. The Morgan fingerprint density at radius 1 is 1.29 bits per heavy atom. The maximum Gasteiger partial charge on any atom is 0.411 e. The highest BCUT2D eigenvalue weighted by molar-refractivity contribution is 9.10. The smallest absolute Gasteiger partial charge is 0.411 e. The number of carbonyl (C=O) groups excluding carboxylic acids is 2. The van der Waals surface area contributed by atoms with Gasteiger partial charge in [-0.15, -0.1) is 0 Å². The van der Waals surface area contributed by atoms with E-state index >= 15 is 0 Å². The largest absolute Gasteiger partial charge is 0.447 e. The number of ether oxygens (including phenoxy) is 2. The van der Waals surface area contributed by atoms with E-state index in [4.69, 9.17) is 9.47 Å². The molecule has 0 spiro atoms. The van der Waals surface area contributed by atoms with E-state index in [-0.39, 0.29) is 18.7 Å². The summed E-state index contributed by atoms with van der Waals surface area (Å²) in [4.78, 5) is 27.1. The monoisotopic (exact) mass is 452 g/mol. The van der Waals surface area contributed by atoms with Crippen molar-refractivity contribution in [1.82, 2.24) is 4.90 Å². The van der Waals surface area contributed by atoms with Crippen LogP contribution in [0, 0.1) is 6.92 Å². The lowest BCUT2D eigenvalue weighted by atomic mass is 9.89. The van der Waals surface area contributed by atoms with Crippen LogP contribution in [0.15, 0.2) is 22.7 Å². The predicted molar refractivity (Wildman–Crippen MR) is 112 cm³/mol. The molecule has 0 radical (unpaired) electrons. The van der Waals surface area contributed by atoms with Crippen LogP contribution in [0.5, 0.6) is 0 Å². The Balaban J connectivity index is 1.67. The van der Waals surface area contributed by atoms with Gasteiger partial charge < -0.3 is 9.47 Å². The molecular weight excluding hydrogens is 424 g/mol. The SMILES string of the molecule is Cc1ccc(NC(=O)OCC23CCCC(CC2)N3C(=O)OC(C)(C)C)c(Br)c1. The highest BCUT2D eigenvalue weighted by Gasteiger charge is 2.53. The van der Waals surface area contributed by atoms with Gasteiger partial charge in [-0.25, -0.2) is 9.59 Å². The van der Waals surface area contributed by atoms with Crippen molar-refractivity contribution < 1.29 is 19.1 Å². The van der Waals surface area contributed by atoms with Crippen LogP contribution in [0.4, 0.5) is 15.3 Å². The first-order valence-corrected chi connectivity index (χ1v) is 10.6. The van der Waals surface area contributed by atoms with Crippen LogP contribution in [0.3, 0.4) is 0 Å². The van der Waals surface area contributed by atoms with Gasteiger partial charge in [0.25, 0.3) is 0 Å². The summed E-state index contributed by atoms with van der Waals surface area (Å²) in [6.07, 6.45) is 3.76. The zero-order valence-corrected chi connectivity index (χ0v) is 18.6. The molecule has 2 fully saturated rings. The summed E-state index contributed by atoms with van der Waals surface area (Å²) in [7, 11) is 0. The second-order valence-electron chi connectivity index (χ2n) is 8.84. The molecule has 2 aliphatic rings. The maximum atomic E-state index is 12.8. The van der Waals surface area contributed by atoms with E-state index in [2.05, 4.69) is 21.2 Å². The third-order valence-electron chi connectivity index (χ3n) is 5.42. The third-order valence-corrected chi connectivity index (χ3v) is 6.08. The van der Waals surface area contributed by atoms with E-state index < -0.39 is 17.2 Å². The molecule has 1 N–H and O–H groups in total. The molecule has 2 amide bonds. The van der Waals surface area contributed by atoms with Gasteiger partial charge in [0, 0.05) is 10.5 Å². The summed E-state index contributed by atoms with van der Waals surface area (Å²) < 4.78 is 12.0. The van der Waals surface area contributed by atoms with Gasteiger partial charge in [-0.1, -0.05) is 6.07 Å². The Bertz CT molecular complexity index is 757. The van der Waals surface area contributed by atoms with E-state index in [0.717, 1.165) is 42.1 Å². The number of benzene rings is 1. The van der Waals surface area contributed by atoms with Crippen LogP contribution in [-0.2, 0) is 9.47 Å². The van der Waals surface area contributed by atoms with Gasteiger partial charge in [-0.2, -0.15) is 0 Å². The maximum absolute atomic E-state index is 12.8. The molecule has 2 aliphatic heterocycles. The zero-order chi connectivity index (χ0) is 20.5. The Morgan fingerprint density at radius 3 is 2.71 bits per heavy atom. The first-order valence-electron chi connectivity index (χ1n) is 9.82. The summed E-state index contributed by atoms with van der Waals surface area (Å²) >= 11 is 3.45. The lowest BCUT2D eigenvalue weighted by Gasteiger charge is -2.44. The summed E-state index contributed by atoms with van der Waals surface area (Å²) in [6, 6.07) is 5.85. The van der Waals surface area contributed by atoms with Gasteiger partial charge >= 0.3 is 12.2 Å². The fourth-order valence-electron chi connectivity index (χ4n) is 4.19. The summed E-state index contributed by atoms with van der Waals surface area (Å²) in [5.41, 5.74) is 0.736. The molecule has 2 heterocycles. The average Bonchev–Trinajstić information content (AvgIpc) is 2.81. The van der Waals surface area contributed by atoms with Crippen molar-refractivity contribution in [3.8, 4) is 0 Å². The molecule has 1 aromatic rings. The van der Waals surface area contributed by atoms with Gasteiger partial charge in [0.05, 0.1) is 11.2 Å². The molecule has 154 valence electrons. The van der Waals surface area contributed by atoms with Gasteiger partial charge in [0.15, 0.2) is 0 Å². The van der Waals surface area contributed by atoms with Crippen molar-refractivity contribution in [2.24, 2.45) is 0 Å². The number of amides is 2. The molecule has 2 bridgehead atoms. The van der Waals surface area contributed by atoms with E-state index in [1.165, 1.54) is 0 Å². The van der Waals surface area contributed by atoms with Crippen LogP contribution >= 0.6 is 15.9 Å². The van der Waals surface area contributed by atoms with E-state index in [9.17, 15) is 9.59 Å². The van der Waals surface area contributed by atoms with Crippen LogP contribution in [0.1, 0.15) is 58.4 Å². The van der Waals surface area contributed by atoms with Gasteiger partial charge in [-0.05, 0) is 93.4 Å². The first-order chi connectivity index (χ1) is 13.1. The predicted octanol–water partition coefficient (Wildman–Crippen LogP) is 5.63. The summed E-state index contributed by atoms with van der Waals surface area (Å²) in [5.74, 6) is 0. The van der Waals surface area contributed by atoms with E-state index in [1.807, 2.05) is 50.8 Å². The number of fused-ring (bicyclic) bond motifs is 2. The molecule has 0 saturated carbocycles. The Morgan fingerprint density at radius 2 is 2.04 bits per heavy atom. The number of hydrogen-bond acceptors (Lipinski definition) is 4. The Labute approximate surface area is 175 Å². The topological polar surface area (TPSA) is 67.9 Å². The molecule has 0 aliphatic carbocycles. The molecule has 6 nitrogen and oxygen atoms in total. The number of nitrogens with one attached hydrogen (secondary N) is 1. The standard InChI is InChI=1S/C21H29BrN2O4/c1-14-7-8-17(16(22)12-14)23-18(25)27-13-21-10-5-6-15(9-11-21)24(21)19(26)28-20(2,3)4/h7-8,12,15H,5-6,9-11,13H2,1-4H3,(H,23,25). The molecule has 2 unspecified atom stereocenters. The second-order valence-corrected chi connectivity index (χ2v) is 9.70. The van der Waals surface area contributed by atoms with Crippen LogP contribution in [-0.4, -0.2) is 40.9 Å². The molecule has 2 atom stereocenters. The van der Waals surface area contributed by atoms with Crippen LogP contribution in [0.2, 0.25) is 0 Å². The average molecular weight is 453 g/mol. The van der Waals surface area contributed by atoms with Crippen LogP contribution < -0.4 is 5.32 Å². The lowest BCUT2D eigenvalue weighted by molar-refractivity contribution is -0.0313. The second kappa shape index (κ2) is 7.93. The summed E-state index contributed by atoms with van der Waals surface area (Å²) in [6.45, 7) is 7.77. The summed E-state index contributed by atoms with van der Waals surface area (Å²) in [5, 5.41) is 2.77. The number of anilines is 1. The molecule has 0 aromatic heterocycles. The van der Waals surface area contributed by atoms with Gasteiger partial charge in [0.1, 0.15) is 12.2 Å². The number of aryl methyl sites for hydroxylation is 1. The minimum atomic E-state index is -0.550. The van der Waals surface area contributed by atoms with Crippen molar-refractivity contribution in [1.29, 1.82) is 0 Å². The van der Waals surface area contributed by atoms with Crippen molar-refractivity contribution in [2.75, 3.05) is 11.9 Å². The molecule has 1 aromatic carbocycles. The minimum absolute atomic E-state index is 0.168. The van der Waals surface area contributed by atoms with Crippen molar-refractivity contribution in [3.05, 3.63) is 28.2 Å². The highest BCUT2D eigenvalue weighted by atomic mass is 79.9. The Kier molecular flexibility index (Phi) is 5.94. The zero-order valence-electron chi connectivity index (χ0n) is 17.0. The van der Waals surface area contributed by atoms with E-state index in [0.29, 0.717) is 5.69 Å². The number of halogens is 1. The number of carbonyl (C=O) groups is 2. The van der Waals surface area contributed by atoms with Crippen molar-refractivity contribution in [3.63, 3.8) is 0 Å². The highest BCUT2D eigenvalue weighted by Crippen LogP contribution is 2.45. The quantitative estimate of drug-likeness (QED) is 0.644. The minimum Gasteiger partial charge on any atom is -0.447 e. The fourth-order valence-corrected chi connectivity index (χ4v) is 4.79. The fraction of sp³-hybridized carbons (Fsp3) is 0.619. The molecular formula is C21H29BrN2O4. The number of nitrogens with zero attached hydrogens (tertiary/aromatic N) is 1. The van der Waals surface area contributed by atoms with Gasteiger partial charge in [-0.3, -0.25) is 10.2 Å². The van der Waals surface area contributed by atoms with Gasteiger partial charge in [0.2, 0.25) is 0 Å². The molecule has 2 saturated heterocycles. The lowest BCUT2D eigenvalue weighted by Crippen LogP contribution is -2.57. The number of rotatable bonds is 3. The Hall–Kier alpha value is -1.76.